The van der Waals surface area contributed by atoms with Gasteiger partial charge in [-0.05, 0) is 31.2 Å². The molecule has 2 fully saturated rings. The maximum atomic E-state index is 12.8. The Bertz CT molecular complexity index is 951. The lowest BCUT2D eigenvalue weighted by molar-refractivity contribution is -0.138. The molecule has 0 spiro atoms. The second-order valence-electron chi connectivity index (χ2n) is 7.24. The van der Waals surface area contributed by atoms with Crippen LogP contribution in [-0.4, -0.2) is 77.2 Å². The molecule has 0 radical (unpaired) electrons. The smallest absolute Gasteiger partial charge is 0.332 e. The summed E-state index contributed by atoms with van der Waals surface area (Å²) >= 11 is 0. The topological polar surface area (TPSA) is 94.4 Å². The molecule has 2 aliphatic rings. The van der Waals surface area contributed by atoms with E-state index in [1.807, 2.05) is 6.07 Å². The van der Waals surface area contributed by atoms with Crippen LogP contribution in [0, 0.1) is 0 Å². The fourth-order valence-electron chi connectivity index (χ4n) is 3.74. The molecule has 9 heteroatoms. The zero-order chi connectivity index (χ0) is 21.3. The summed E-state index contributed by atoms with van der Waals surface area (Å²) in [6.07, 6.45) is 1.44. The standard InChI is InChI=1S/C21H22N4O5/c1-15-19(27)24(21(29)25(15)16-6-3-2-4-7-16)14-18(26)22-9-11-23(12-10-22)20(28)17-8-5-13-30-17/h2-8,13,15H,9-12,14H2,1H3/t15-/m1/s1. The van der Waals surface area contributed by atoms with Crippen molar-refractivity contribution in [2.75, 3.05) is 37.6 Å². The van der Waals surface area contributed by atoms with Gasteiger partial charge in [0.1, 0.15) is 12.6 Å². The van der Waals surface area contributed by atoms with Crippen molar-refractivity contribution in [2.45, 2.75) is 13.0 Å². The van der Waals surface area contributed by atoms with Crippen molar-refractivity contribution in [3.8, 4) is 0 Å². The molecule has 2 aliphatic heterocycles. The SMILES string of the molecule is C[C@@H]1C(=O)N(CC(=O)N2CCN(C(=O)c3ccco3)CC2)C(=O)N1c1ccccc1. The molecule has 156 valence electrons. The highest BCUT2D eigenvalue weighted by Crippen LogP contribution is 2.25. The molecule has 0 saturated carbocycles. The Morgan fingerprint density at radius 3 is 2.27 bits per heavy atom. The number of carbonyl (C=O) groups excluding carboxylic acids is 4. The molecule has 1 aromatic carbocycles. The van der Waals surface area contributed by atoms with Crippen molar-refractivity contribution in [1.82, 2.24) is 14.7 Å². The lowest BCUT2D eigenvalue weighted by Gasteiger charge is -2.34. The maximum absolute atomic E-state index is 12.8. The van der Waals surface area contributed by atoms with Crippen LogP contribution in [0.2, 0.25) is 0 Å². The summed E-state index contributed by atoms with van der Waals surface area (Å²) in [5, 5.41) is 0. The Balaban J connectivity index is 1.37. The predicted molar refractivity (Wildman–Crippen MR) is 107 cm³/mol. The second kappa shape index (κ2) is 8.02. The van der Waals surface area contributed by atoms with E-state index in [9.17, 15) is 19.2 Å². The third-order valence-corrected chi connectivity index (χ3v) is 5.43. The van der Waals surface area contributed by atoms with E-state index >= 15 is 0 Å². The number of urea groups is 1. The van der Waals surface area contributed by atoms with Gasteiger partial charge < -0.3 is 14.2 Å². The maximum Gasteiger partial charge on any atom is 0.332 e. The largest absolute Gasteiger partial charge is 0.459 e. The van der Waals surface area contributed by atoms with Gasteiger partial charge in [-0.1, -0.05) is 18.2 Å². The molecular formula is C21H22N4O5. The van der Waals surface area contributed by atoms with Crippen LogP contribution in [0.15, 0.2) is 53.1 Å². The number of para-hydroxylation sites is 1. The number of anilines is 1. The number of hydrogen-bond donors (Lipinski definition) is 0. The third kappa shape index (κ3) is 3.54. The van der Waals surface area contributed by atoms with E-state index in [1.165, 1.54) is 11.2 Å². The third-order valence-electron chi connectivity index (χ3n) is 5.43. The molecule has 2 aromatic rings. The molecule has 5 amide bonds. The van der Waals surface area contributed by atoms with Crippen molar-refractivity contribution in [2.24, 2.45) is 0 Å². The predicted octanol–water partition coefficient (Wildman–Crippen LogP) is 1.42. The number of imide groups is 1. The van der Waals surface area contributed by atoms with Crippen LogP contribution in [0.4, 0.5) is 10.5 Å². The van der Waals surface area contributed by atoms with Gasteiger partial charge in [0.25, 0.3) is 11.8 Å². The van der Waals surface area contributed by atoms with Crippen LogP contribution in [0.3, 0.4) is 0 Å². The van der Waals surface area contributed by atoms with Gasteiger partial charge in [0.15, 0.2) is 5.76 Å². The number of furan rings is 1. The van der Waals surface area contributed by atoms with E-state index in [1.54, 1.807) is 53.1 Å². The second-order valence-corrected chi connectivity index (χ2v) is 7.24. The Morgan fingerprint density at radius 2 is 1.63 bits per heavy atom. The minimum absolute atomic E-state index is 0.218. The van der Waals surface area contributed by atoms with Crippen LogP contribution < -0.4 is 4.90 Å². The molecule has 0 bridgehead atoms. The molecule has 0 N–H and O–H groups in total. The van der Waals surface area contributed by atoms with Gasteiger partial charge in [-0.3, -0.25) is 24.2 Å². The normalized spacial score (nSPS) is 19.6. The van der Waals surface area contributed by atoms with E-state index in [-0.39, 0.29) is 24.1 Å². The van der Waals surface area contributed by atoms with E-state index in [2.05, 4.69) is 0 Å². The first kappa shape index (κ1) is 19.7. The average Bonchev–Trinajstić information content (AvgIpc) is 3.38. The first-order chi connectivity index (χ1) is 14.5. The molecule has 1 atom stereocenters. The van der Waals surface area contributed by atoms with E-state index in [0.717, 1.165) is 4.90 Å². The number of benzene rings is 1. The van der Waals surface area contributed by atoms with Crippen LogP contribution in [-0.2, 0) is 9.59 Å². The summed E-state index contributed by atoms with van der Waals surface area (Å²) in [4.78, 5) is 56.1. The molecule has 1 aromatic heterocycles. The number of carbonyl (C=O) groups is 4. The molecule has 0 unspecified atom stereocenters. The van der Waals surface area contributed by atoms with E-state index < -0.39 is 18.0 Å². The summed E-state index contributed by atoms with van der Waals surface area (Å²) < 4.78 is 5.13. The van der Waals surface area contributed by atoms with Crippen LogP contribution in [0.1, 0.15) is 17.5 Å². The molecule has 30 heavy (non-hydrogen) atoms. The first-order valence-corrected chi connectivity index (χ1v) is 9.77. The molecular weight excluding hydrogens is 388 g/mol. The van der Waals surface area contributed by atoms with Crippen molar-refractivity contribution in [1.29, 1.82) is 0 Å². The summed E-state index contributed by atoms with van der Waals surface area (Å²) in [7, 11) is 0. The summed E-state index contributed by atoms with van der Waals surface area (Å²) in [6, 6.07) is 11.0. The summed E-state index contributed by atoms with van der Waals surface area (Å²) in [6.45, 7) is 2.73. The molecule has 3 heterocycles. The number of nitrogens with zero attached hydrogens (tertiary/aromatic N) is 4. The zero-order valence-electron chi connectivity index (χ0n) is 16.6. The minimum Gasteiger partial charge on any atom is -0.459 e. The van der Waals surface area contributed by atoms with E-state index in [0.29, 0.717) is 31.9 Å². The van der Waals surface area contributed by atoms with Crippen molar-refractivity contribution >= 4 is 29.4 Å². The van der Waals surface area contributed by atoms with Gasteiger partial charge in [-0.15, -0.1) is 0 Å². The first-order valence-electron chi connectivity index (χ1n) is 9.77. The molecule has 2 saturated heterocycles. The van der Waals surface area contributed by atoms with Crippen LogP contribution in [0.25, 0.3) is 0 Å². The van der Waals surface area contributed by atoms with Gasteiger partial charge >= 0.3 is 6.03 Å². The quantitative estimate of drug-likeness (QED) is 0.711. The zero-order valence-corrected chi connectivity index (χ0v) is 16.6. The Labute approximate surface area is 173 Å². The van der Waals surface area contributed by atoms with Crippen molar-refractivity contribution < 1.29 is 23.6 Å². The monoisotopic (exact) mass is 410 g/mol. The molecule has 0 aliphatic carbocycles. The molecule has 4 rings (SSSR count). The minimum atomic E-state index is -0.671. The Kier molecular flexibility index (Phi) is 5.26. The van der Waals surface area contributed by atoms with Crippen molar-refractivity contribution in [3.05, 3.63) is 54.5 Å². The van der Waals surface area contributed by atoms with Gasteiger partial charge in [0.05, 0.1) is 6.26 Å². The molecule has 9 nitrogen and oxygen atoms in total. The lowest BCUT2D eigenvalue weighted by atomic mass is 10.2. The van der Waals surface area contributed by atoms with Crippen molar-refractivity contribution in [3.63, 3.8) is 0 Å². The number of rotatable bonds is 4. The lowest BCUT2D eigenvalue weighted by Crippen LogP contribution is -2.53. The summed E-state index contributed by atoms with van der Waals surface area (Å²) in [5.41, 5.74) is 0.614. The number of piperazine rings is 1. The highest BCUT2D eigenvalue weighted by atomic mass is 16.3. The number of hydrogen-bond acceptors (Lipinski definition) is 5. The Hall–Kier alpha value is -3.62. The highest BCUT2D eigenvalue weighted by Gasteiger charge is 2.44. The van der Waals surface area contributed by atoms with Crippen LogP contribution in [0.5, 0.6) is 0 Å². The Morgan fingerprint density at radius 1 is 0.967 bits per heavy atom. The van der Waals surface area contributed by atoms with Gasteiger partial charge in [0, 0.05) is 31.9 Å². The van der Waals surface area contributed by atoms with Gasteiger partial charge in [-0.25, -0.2) is 4.79 Å². The van der Waals surface area contributed by atoms with Gasteiger partial charge in [0.2, 0.25) is 5.91 Å². The van der Waals surface area contributed by atoms with Gasteiger partial charge in [-0.2, -0.15) is 0 Å². The highest BCUT2D eigenvalue weighted by molar-refractivity contribution is 6.15. The van der Waals surface area contributed by atoms with Crippen LogP contribution >= 0.6 is 0 Å². The number of amides is 5. The average molecular weight is 410 g/mol. The fourth-order valence-corrected chi connectivity index (χ4v) is 3.74. The summed E-state index contributed by atoms with van der Waals surface area (Å²) in [5.74, 6) is -0.671. The van der Waals surface area contributed by atoms with E-state index in [4.69, 9.17) is 4.42 Å². The fraction of sp³-hybridized carbons (Fsp3) is 0.333.